The lowest BCUT2D eigenvalue weighted by molar-refractivity contribution is 0.0802. The third-order valence-electron chi connectivity index (χ3n) is 4.11. The van der Waals surface area contributed by atoms with Crippen LogP contribution in [-0.4, -0.2) is 47.2 Å². The molecule has 1 aromatic heterocycles. The highest BCUT2D eigenvalue weighted by Crippen LogP contribution is 2.30. The SMILES string of the molecule is CCN(CC1CC1)S(=O)(=O)NC(C)c1nnc2n1CCOC2. The first-order chi connectivity index (χ1) is 10.5. The monoisotopic (exact) mass is 329 g/mol. The van der Waals surface area contributed by atoms with Gasteiger partial charge >= 0.3 is 0 Å². The Morgan fingerprint density at radius 1 is 1.45 bits per heavy atom. The van der Waals surface area contributed by atoms with Crippen molar-refractivity contribution >= 4 is 10.2 Å². The van der Waals surface area contributed by atoms with Crippen molar-refractivity contribution in [1.82, 2.24) is 23.8 Å². The largest absolute Gasteiger partial charge is 0.372 e. The maximum atomic E-state index is 12.5. The lowest BCUT2D eigenvalue weighted by atomic mass is 10.3. The fourth-order valence-corrected chi connectivity index (χ4v) is 4.12. The van der Waals surface area contributed by atoms with Crippen molar-refractivity contribution in [2.45, 2.75) is 45.9 Å². The summed E-state index contributed by atoms with van der Waals surface area (Å²) >= 11 is 0. The standard InChI is InChI=1S/C13H23N5O3S/c1-3-17(8-11-4-5-11)22(19,20)16-10(2)13-15-14-12-9-21-7-6-18(12)13/h10-11,16H,3-9H2,1-2H3. The molecule has 1 unspecified atom stereocenters. The number of nitrogens with zero attached hydrogens (tertiary/aromatic N) is 4. The van der Waals surface area contributed by atoms with Crippen LogP contribution in [0.25, 0.3) is 0 Å². The van der Waals surface area contributed by atoms with Gasteiger partial charge in [0.15, 0.2) is 11.6 Å². The first-order valence-corrected chi connectivity index (χ1v) is 9.22. The van der Waals surface area contributed by atoms with E-state index in [9.17, 15) is 8.42 Å². The summed E-state index contributed by atoms with van der Waals surface area (Å²) in [5.41, 5.74) is 0. The van der Waals surface area contributed by atoms with Gasteiger partial charge in [0.25, 0.3) is 10.2 Å². The molecule has 0 aromatic carbocycles. The van der Waals surface area contributed by atoms with Crippen LogP contribution in [0.2, 0.25) is 0 Å². The van der Waals surface area contributed by atoms with Gasteiger partial charge in [-0.3, -0.25) is 0 Å². The van der Waals surface area contributed by atoms with E-state index in [2.05, 4.69) is 14.9 Å². The second kappa shape index (κ2) is 6.23. The Kier molecular flexibility index (Phi) is 4.49. The molecule has 1 atom stereocenters. The molecule has 3 rings (SSSR count). The van der Waals surface area contributed by atoms with Gasteiger partial charge in [0, 0.05) is 19.6 Å². The molecule has 1 aliphatic carbocycles. The van der Waals surface area contributed by atoms with E-state index in [1.165, 1.54) is 4.31 Å². The lowest BCUT2D eigenvalue weighted by Gasteiger charge is -2.24. The average molecular weight is 329 g/mol. The molecule has 8 nitrogen and oxygen atoms in total. The third kappa shape index (κ3) is 3.32. The number of fused-ring (bicyclic) bond motifs is 1. The molecule has 0 spiro atoms. The summed E-state index contributed by atoms with van der Waals surface area (Å²) < 4.78 is 36.6. The smallest absolute Gasteiger partial charge is 0.280 e. The van der Waals surface area contributed by atoms with Crippen LogP contribution >= 0.6 is 0 Å². The summed E-state index contributed by atoms with van der Waals surface area (Å²) in [6.45, 7) is 6.42. The van der Waals surface area contributed by atoms with Crippen LogP contribution in [0.15, 0.2) is 0 Å². The van der Waals surface area contributed by atoms with E-state index in [0.717, 1.165) is 18.7 Å². The Morgan fingerprint density at radius 3 is 2.91 bits per heavy atom. The van der Waals surface area contributed by atoms with Crippen molar-refractivity contribution in [2.75, 3.05) is 19.7 Å². The van der Waals surface area contributed by atoms with Gasteiger partial charge < -0.3 is 9.30 Å². The summed E-state index contributed by atoms with van der Waals surface area (Å²) in [6.07, 6.45) is 2.25. The van der Waals surface area contributed by atoms with Crippen molar-refractivity contribution in [3.63, 3.8) is 0 Å². The topological polar surface area (TPSA) is 89.4 Å². The molecule has 0 saturated heterocycles. The number of rotatable bonds is 7. The molecule has 1 aromatic rings. The molecule has 2 aliphatic rings. The van der Waals surface area contributed by atoms with E-state index in [0.29, 0.717) is 44.6 Å². The predicted molar refractivity (Wildman–Crippen MR) is 80.1 cm³/mol. The molecule has 1 saturated carbocycles. The van der Waals surface area contributed by atoms with Crippen LogP contribution < -0.4 is 4.72 Å². The summed E-state index contributed by atoms with van der Waals surface area (Å²) in [4.78, 5) is 0. The van der Waals surface area contributed by atoms with Crippen molar-refractivity contribution in [3.8, 4) is 0 Å². The predicted octanol–water partition coefficient (Wildman–Crippen LogP) is 0.436. The molecule has 9 heteroatoms. The van der Waals surface area contributed by atoms with Crippen molar-refractivity contribution in [3.05, 3.63) is 11.6 Å². The van der Waals surface area contributed by atoms with E-state index in [1.807, 2.05) is 11.5 Å². The Balaban J connectivity index is 1.72. The van der Waals surface area contributed by atoms with Gasteiger partial charge in [-0.05, 0) is 25.7 Å². The minimum atomic E-state index is -3.51. The number of hydrogen-bond donors (Lipinski definition) is 1. The van der Waals surface area contributed by atoms with Crippen molar-refractivity contribution in [2.24, 2.45) is 5.92 Å². The minimum Gasteiger partial charge on any atom is -0.372 e. The highest BCUT2D eigenvalue weighted by atomic mass is 32.2. The van der Waals surface area contributed by atoms with Gasteiger partial charge in [-0.2, -0.15) is 17.4 Å². The number of ether oxygens (including phenoxy) is 1. The van der Waals surface area contributed by atoms with Gasteiger partial charge in [0.05, 0.1) is 12.6 Å². The van der Waals surface area contributed by atoms with E-state index in [1.54, 1.807) is 6.92 Å². The third-order valence-corrected chi connectivity index (χ3v) is 5.85. The van der Waals surface area contributed by atoms with Crippen LogP contribution in [0.3, 0.4) is 0 Å². The molecular formula is C13H23N5O3S. The van der Waals surface area contributed by atoms with Crippen LogP contribution in [0.1, 0.15) is 44.4 Å². The van der Waals surface area contributed by atoms with E-state index in [4.69, 9.17) is 4.74 Å². The highest BCUT2D eigenvalue weighted by molar-refractivity contribution is 7.87. The highest BCUT2D eigenvalue weighted by Gasteiger charge is 2.31. The fourth-order valence-electron chi connectivity index (χ4n) is 2.68. The molecule has 1 N–H and O–H groups in total. The minimum absolute atomic E-state index is 0.419. The second-order valence-corrected chi connectivity index (χ2v) is 7.62. The first kappa shape index (κ1) is 15.9. The molecule has 2 heterocycles. The first-order valence-electron chi connectivity index (χ1n) is 7.78. The zero-order valence-electron chi connectivity index (χ0n) is 13.0. The lowest BCUT2D eigenvalue weighted by Crippen LogP contribution is -2.43. The van der Waals surface area contributed by atoms with Crippen LogP contribution in [-0.2, 0) is 28.1 Å². The Labute approximate surface area is 131 Å². The summed E-state index contributed by atoms with van der Waals surface area (Å²) in [6, 6.07) is -0.419. The van der Waals surface area contributed by atoms with E-state index < -0.39 is 16.3 Å². The quantitative estimate of drug-likeness (QED) is 0.784. The van der Waals surface area contributed by atoms with Gasteiger partial charge in [-0.1, -0.05) is 6.92 Å². The maximum Gasteiger partial charge on any atom is 0.280 e. The number of aromatic nitrogens is 3. The van der Waals surface area contributed by atoms with Crippen LogP contribution in [0, 0.1) is 5.92 Å². The van der Waals surface area contributed by atoms with Crippen molar-refractivity contribution in [1.29, 1.82) is 0 Å². The van der Waals surface area contributed by atoms with Gasteiger partial charge in [-0.25, -0.2) is 0 Å². The molecule has 1 fully saturated rings. The van der Waals surface area contributed by atoms with Crippen molar-refractivity contribution < 1.29 is 13.2 Å². The summed E-state index contributed by atoms with van der Waals surface area (Å²) in [7, 11) is -3.51. The molecule has 0 amide bonds. The molecule has 0 radical (unpaired) electrons. The van der Waals surface area contributed by atoms with Crippen LogP contribution in [0.4, 0.5) is 0 Å². The fraction of sp³-hybridized carbons (Fsp3) is 0.846. The number of hydrogen-bond acceptors (Lipinski definition) is 5. The van der Waals surface area contributed by atoms with Gasteiger partial charge in [0.1, 0.15) is 6.61 Å². The molecule has 1 aliphatic heterocycles. The molecule has 22 heavy (non-hydrogen) atoms. The number of nitrogens with one attached hydrogen (secondary N) is 1. The Bertz CT molecular complexity index is 626. The average Bonchev–Trinajstić information content (AvgIpc) is 3.20. The Morgan fingerprint density at radius 2 is 2.23 bits per heavy atom. The summed E-state index contributed by atoms with van der Waals surface area (Å²) in [5.74, 6) is 1.91. The zero-order valence-corrected chi connectivity index (χ0v) is 13.8. The van der Waals surface area contributed by atoms with E-state index in [-0.39, 0.29) is 0 Å². The molecule has 124 valence electrons. The molecule has 0 bridgehead atoms. The molecular weight excluding hydrogens is 306 g/mol. The zero-order chi connectivity index (χ0) is 15.7. The van der Waals surface area contributed by atoms with Gasteiger partial charge in [-0.15, -0.1) is 10.2 Å². The maximum absolute atomic E-state index is 12.5. The second-order valence-electron chi connectivity index (χ2n) is 5.92. The van der Waals surface area contributed by atoms with E-state index >= 15 is 0 Å². The Hall–Kier alpha value is -1.03. The summed E-state index contributed by atoms with van der Waals surface area (Å²) in [5, 5.41) is 8.20. The van der Waals surface area contributed by atoms with Crippen LogP contribution in [0.5, 0.6) is 0 Å². The van der Waals surface area contributed by atoms with Gasteiger partial charge in [0.2, 0.25) is 0 Å². The normalized spacial score (nSPS) is 20.1.